The van der Waals surface area contributed by atoms with Crippen LogP contribution in [0.2, 0.25) is 5.15 Å². The van der Waals surface area contributed by atoms with E-state index in [0.29, 0.717) is 0 Å². The zero-order valence-corrected chi connectivity index (χ0v) is 7.94. The third-order valence-corrected chi connectivity index (χ3v) is 1.69. The van der Waals surface area contributed by atoms with E-state index in [1.165, 1.54) is 0 Å². The molecular weight excluding hydrogens is 181 g/mol. The molecule has 0 spiro atoms. The predicted octanol–water partition coefficient (Wildman–Crippen LogP) is -0.958. The Morgan fingerprint density at radius 1 is 1.45 bits per heavy atom. The Labute approximate surface area is 78.4 Å². The second kappa shape index (κ2) is 5.39. The molecule has 0 N–H and O–H groups in total. The molecule has 0 amide bonds. The van der Waals surface area contributed by atoms with E-state index < -0.39 is 0 Å². The van der Waals surface area contributed by atoms with Crippen LogP contribution >= 0.6 is 11.6 Å². The molecule has 0 saturated heterocycles. The smallest absolute Gasteiger partial charge is 0.274 e. The van der Waals surface area contributed by atoms with Crippen molar-refractivity contribution in [3.8, 4) is 0 Å². The molecule has 62 valence electrons. The minimum atomic E-state index is 0. The number of rotatable bonds is 2. The maximum absolute atomic E-state index is 5.87. The number of hydrogen-bond acceptors (Lipinski definition) is 0. The van der Waals surface area contributed by atoms with E-state index in [1.54, 1.807) is 0 Å². The molecule has 1 nitrogen and oxygen atoms in total. The molecule has 11 heavy (non-hydrogen) atoms. The summed E-state index contributed by atoms with van der Waals surface area (Å²) in [4.78, 5) is 0. The summed E-state index contributed by atoms with van der Waals surface area (Å²) in [5.41, 5.74) is 0. The van der Waals surface area contributed by atoms with Crippen molar-refractivity contribution in [1.29, 1.82) is 0 Å². The van der Waals surface area contributed by atoms with Crippen molar-refractivity contribution in [1.82, 2.24) is 0 Å². The minimum Gasteiger partial charge on any atom is -1.00 e. The van der Waals surface area contributed by atoms with Crippen LogP contribution < -0.4 is 17.0 Å². The summed E-state index contributed by atoms with van der Waals surface area (Å²) in [7, 11) is 0. The van der Waals surface area contributed by atoms with E-state index in [9.17, 15) is 0 Å². The van der Waals surface area contributed by atoms with E-state index in [4.69, 9.17) is 11.6 Å². The van der Waals surface area contributed by atoms with Crippen LogP contribution in [0.25, 0.3) is 0 Å². The highest BCUT2D eigenvalue weighted by atomic mass is 35.5. The van der Waals surface area contributed by atoms with Gasteiger partial charge in [-0.1, -0.05) is 6.92 Å². The lowest BCUT2D eigenvalue weighted by Gasteiger charge is -1.93. The van der Waals surface area contributed by atoms with Crippen molar-refractivity contribution in [2.75, 3.05) is 0 Å². The van der Waals surface area contributed by atoms with Crippen molar-refractivity contribution in [3.05, 3.63) is 29.5 Å². The van der Waals surface area contributed by atoms with E-state index in [2.05, 4.69) is 6.92 Å². The molecule has 0 bridgehead atoms. The van der Waals surface area contributed by atoms with E-state index >= 15 is 0 Å². The number of aryl methyl sites for hydroxylation is 1. The largest absolute Gasteiger partial charge is 1.00 e. The minimum absolute atomic E-state index is 0. The van der Waals surface area contributed by atoms with Gasteiger partial charge in [0, 0.05) is 18.6 Å². The van der Waals surface area contributed by atoms with Crippen molar-refractivity contribution >= 4 is 11.6 Å². The molecule has 0 aliphatic heterocycles. The average Bonchev–Trinajstić information content (AvgIpc) is 1.94. The lowest BCUT2D eigenvalue weighted by Crippen LogP contribution is -3.00. The van der Waals surface area contributed by atoms with Crippen LogP contribution in [0.15, 0.2) is 24.4 Å². The molecule has 0 radical (unpaired) electrons. The molecule has 0 atom stereocenters. The standard InChI is InChI=1S/C8H11ClN.ClH/c1-2-6-10-7-4-3-5-8(10)9;/h3-5,7H,2,6H2,1H3;1H/q+1;/p-1. The third-order valence-electron chi connectivity index (χ3n) is 1.35. The van der Waals surface area contributed by atoms with Gasteiger partial charge in [-0.3, -0.25) is 0 Å². The molecule has 0 aromatic carbocycles. The summed E-state index contributed by atoms with van der Waals surface area (Å²) in [5, 5.41) is 0.810. The summed E-state index contributed by atoms with van der Waals surface area (Å²) in [6.07, 6.45) is 3.11. The number of aromatic nitrogens is 1. The molecule has 3 heteroatoms. The van der Waals surface area contributed by atoms with Crippen LogP contribution in [0.5, 0.6) is 0 Å². The molecule has 0 fully saturated rings. The van der Waals surface area contributed by atoms with E-state index in [-0.39, 0.29) is 12.4 Å². The van der Waals surface area contributed by atoms with Crippen LogP contribution in [0.1, 0.15) is 13.3 Å². The second-order valence-electron chi connectivity index (χ2n) is 2.22. The fraction of sp³-hybridized carbons (Fsp3) is 0.375. The lowest BCUT2D eigenvalue weighted by molar-refractivity contribution is -0.694. The maximum atomic E-state index is 5.87. The Morgan fingerprint density at radius 3 is 2.73 bits per heavy atom. The van der Waals surface area contributed by atoms with Gasteiger partial charge in [-0.15, -0.1) is 0 Å². The highest BCUT2D eigenvalue weighted by molar-refractivity contribution is 6.28. The first-order valence-corrected chi connectivity index (χ1v) is 3.86. The molecule has 1 aromatic heterocycles. The number of halogens is 2. The summed E-state index contributed by atoms with van der Waals surface area (Å²) in [6.45, 7) is 3.13. The van der Waals surface area contributed by atoms with Gasteiger partial charge < -0.3 is 12.4 Å². The average molecular weight is 192 g/mol. The van der Waals surface area contributed by atoms with Crippen LogP contribution in [0.4, 0.5) is 0 Å². The lowest BCUT2D eigenvalue weighted by atomic mass is 10.4. The monoisotopic (exact) mass is 191 g/mol. The van der Waals surface area contributed by atoms with Crippen LogP contribution in [-0.2, 0) is 6.54 Å². The molecule has 1 rings (SSSR count). The molecule has 0 aliphatic carbocycles. The van der Waals surface area contributed by atoms with Gasteiger partial charge in [0.2, 0.25) is 0 Å². The summed E-state index contributed by atoms with van der Waals surface area (Å²) in [6, 6.07) is 5.83. The van der Waals surface area contributed by atoms with Crippen molar-refractivity contribution < 1.29 is 17.0 Å². The van der Waals surface area contributed by atoms with Gasteiger partial charge in [0.05, 0.1) is 0 Å². The summed E-state index contributed by atoms with van der Waals surface area (Å²) in [5.74, 6) is 0. The van der Waals surface area contributed by atoms with Crippen molar-refractivity contribution in [2.45, 2.75) is 19.9 Å². The molecule has 0 saturated carbocycles. The Kier molecular flexibility index (Phi) is 5.26. The van der Waals surface area contributed by atoms with Crippen LogP contribution in [-0.4, -0.2) is 0 Å². The van der Waals surface area contributed by atoms with Crippen molar-refractivity contribution in [3.63, 3.8) is 0 Å². The van der Waals surface area contributed by atoms with Crippen LogP contribution in [0.3, 0.4) is 0 Å². The van der Waals surface area contributed by atoms with Gasteiger partial charge >= 0.3 is 0 Å². The predicted molar refractivity (Wildman–Crippen MR) is 41.9 cm³/mol. The quantitative estimate of drug-likeness (QED) is 0.420. The zero-order chi connectivity index (χ0) is 7.40. The maximum Gasteiger partial charge on any atom is 0.274 e. The van der Waals surface area contributed by atoms with E-state index in [1.807, 2.05) is 29.0 Å². The van der Waals surface area contributed by atoms with E-state index in [0.717, 1.165) is 18.1 Å². The number of hydrogen-bond donors (Lipinski definition) is 0. The Balaban J connectivity index is 0.000001000. The van der Waals surface area contributed by atoms with Gasteiger partial charge in [-0.2, -0.15) is 4.57 Å². The molecule has 1 heterocycles. The molecule has 1 aromatic rings. The second-order valence-corrected chi connectivity index (χ2v) is 2.60. The van der Waals surface area contributed by atoms with Gasteiger partial charge in [0.1, 0.15) is 6.54 Å². The highest BCUT2D eigenvalue weighted by Crippen LogP contribution is 1.98. The third kappa shape index (κ3) is 3.08. The topological polar surface area (TPSA) is 3.88 Å². The Morgan fingerprint density at radius 2 is 2.18 bits per heavy atom. The van der Waals surface area contributed by atoms with Crippen molar-refractivity contribution in [2.24, 2.45) is 0 Å². The first-order valence-electron chi connectivity index (χ1n) is 3.48. The van der Waals surface area contributed by atoms with Gasteiger partial charge in [0.15, 0.2) is 6.20 Å². The normalized spacial score (nSPS) is 8.91. The van der Waals surface area contributed by atoms with Gasteiger partial charge in [0.25, 0.3) is 5.15 Å². The SMILES string of the molecule is CCC[n+]1ccccc1Cl.[Cl-]. The van der Waals surface area contributed by atoms with Crippen LogP contribution in [0, 0.1) is 0 Å². The number of nitrogens with zero attached hydrogens (tertiary/aromatic N) is 1. The molecule has 0 unspecified atom stereocenters. The summed E-state index contributed by atoms with van der Waals surface area (Å²) < 4.78 is 2.03. The zero-order valence-electron chi connectivity index (χ0n) is 6.43. The molecule has 0 aliphatic rings. The van der Waals surface area contributed by atoms with Gasteiger partial charge in [-0.05, 0) is 17.7 Å². The highest BCUT2D eigenvalue weighted by Gasteiger charge is 2.02. The fourth-order valence-corrected chi connectivity index (χ4v) is 1.09. The Hall–Kier alpha value is -0.270. The Bertz CT molecular complexity index is 213. The summed E-state index contributed by atoms with van der Waals surface area (Å²) >= 11 is 5.87. The fourth-order valence-electron chi connectivity index (χ4n) is 0.878. The number of pyridine rings is 1. The first-order chi connectivity index (χ1) is 4.84. The first kappa shape index (κ1) is 10.7. The van der Waals surface area contributed by atoms with Gasteiger partial charge in [-0.25, -0.2) is 0 Å². The molecular formula is C8H11Cl2N.